The Labute approximate surface area is 89.3 Å². The number of nitrogens with zero attached hydrogens (tertiary/aromatic N) is 1. The molecule has 0 bridgehead atoms. The normalized spacial score (nSPS) is 22.9. The van der Waals surface area contributed by atoms with Gasteiger partial charge in [0.1, 0.15) is 0 Å². The smallest absolute Gasteiger partial charge is 0.392 e. The van der Waals surface area contributed by atoms with E-state index in [2.05, 4.69) is 5.32 Å². The Morgan fingerprint density at radius 2 is 1.75 bits per heavy atom. The fourth-order valence-electron chi connectivity index (χ4n) is 1.30. The fraction of sp³-hybridized carbons (Fsp3) is 0.250. The van der Waals surface area contributed by atoms with Gasteiger partial charge < -0.3 is 9.47 Å². The van der Waals surface area contributed by atoms with E-state index >= 15 is 0 Å². The molecule has 0 aromatic rings. The Balaban J connectivity index is 2.44. The molecule has 1 fully saturated rings. The van der Waals surface area contributed by atoms with Crippen molar-refractivity contribution in [2.75, 3.05) is 7.05 Å². The van der Waals surface area contributed by atoms with Crippen molar-refractivity contribution in [1.29, 1.82) is 5.41 Å². The standard InChI is InChI=1S/C8H7N3O5/c1-11-7(9)10-6(14)8(11)15-4(12)2-3-5(13)16-8/h2-3H,1H3,(H2,9,10,14). The second-order valence-corrected chi connectivity index (χ2v) is 3.12. The van der Waals surface area contributed by atoms with Gasteiger partial charge in [-0.25, -0.2) is 9.59 Å². The number of carbonyl (C=O) groups excluding carboxylic acids is 3. The summed E-state index contributed by atoms with van der Waals surface area (Å²) in [6.45, 7) is 0. The van der Waals surface area contributed by atoms with E-state index in [1.807, 2.05) is 0 Å². The van der Waals surface area contributed by atoms with Gasteiger partial charge in [0.05, 0.1) is 0 Å². The van der Waals surface area contributed by atoms with Crippen molar-refractivity contribution in [2.45, 2.75) is 5.91 Å². The maximum atomic E-state index is 11.5. The lowest BCUT2D eigenvalue weighted by Gasteiger charge is -2.29. The summed E-state index contributed by atoms with van der Waals surface area (Å²) in [6, 6.07) is 0. The molecule has 1 amide bonds. The molecule has 1 saturated heterocycles. The van der Waals surface area contributed by atoms with Crippen molar-refractivity contribution in [2.24, 2.45) is 0 Å². The molecule has 2 aliphatic rings. The van der Waals surface area contributed by atoms with E-state index < -0.39 is 23.8 Å². The highest BCUT2D eigenvalue weighted by molar-refractivity contribution is 6.09. The molecule has 0 saturated carbocycles. The van der Waals surface area contributed by atoms with Crippen LogP contribution in [0.5, 0.6) is 0 Å². The average Bonchev–Trinajstić information content (AvgIpc) is 2.39. The highest BCUT2D eigenvalue weighted by atomic mass is 16.8. The zero-order valence-electron chi connectivity index (χ0n) is 8.14. The first-order valence-corrected chi connectivity index (χ1v) is 4.23. The van der Waals surface area contributed by atoms with Gasteiger partial charge in [-0.1, -0.05) is 0 Å². The molecule has 2 heterocycles. The molecular formula is C8H7N3O5. The van der Waals surface area contributed by atoms with Crippen molar-refractivity contribution >= 4 is 23.8 Å². The number of likely N-dealkylation sites (N-methyl/N-ethyl adjacent to an activating group) is 1. The first kappa shape index (κ1) is 10.1. The summed E-state index contributed by atoms with van der Waals surface area (Å²) in [5.41, 5.74) is 0. The summed E-state index contributed by atoms with van der Waals surface area (Å²) in [6.07, 6.45) is 1.69. The molecule has 0 atom stereocenters. The summed E-state index contributed by atoms with van der Waals surface area (Å²) >= 11 is 0. The van der Waals surface area contributed by atoms with Crippen LogP contribution in [0.2, 0.25) is 0 Å². The van der Waals surface area contributed by atoms with Crippen molar-refractivity contribution in [3.63, 3.8) is 0 Å². The highest BCUT2D eigenvalue weighted by Gasteiger charge is 2.58. The molecule has 1 spiro atoms. The van der Waals surface area contributed by atoms with E-state index in [-0.39, 0.29) is 5.96 Å². The number of carbonyl (C=O) groups is 3. The van der Waals surface area contributed by atoms with Gasteiger partial charge in [-0.05, 0) is 0 Å². The van der Waals surface area contributed by atoms with Crippen LogP contribution in [0.25, 0.3) is 0 Å². The van der Waals surface area contributed by atoms with Crippen LogP contribution in [-0.4, -0.2) is 41.7 Å². The second kappa shape index (κ2) is 3.05. The molecule has 0 unspecified atom stereocenters. The van der Waals surface area contributed by atoms with Crippen LogP contribution in [0.1, 0.15) is 0 Å². The quantitative estimate of drug-likeness (QED) is 0.475. The fourth-order valence-corrected chi connectivity index (χ4v) is 1.30. The predicted molar refractivity (Wildman–Crippen MR) is 47.7 cm³/mol. The number of guanidine groups is 1. The van der Waals surface area contributed by atoms with E-state index in [1.165, 1.54) is 7.05 Å². The average molecular weight is 225 g/mol. The van der Waals surface area contributed by atoms with Crippen LogP contribution in [0.3, 0.4) is 0 Å². The van der Waals surface area contributed by atoms with E-state index in [9.17, 15) is 14.4 Å². The van der Waals surface area contributed by atoms with Crippen LogP contribution in [0.4, 0.5) is 0 Å². The molecule has 0 radical (unpaired) electrons. The van der Waals surface area contributed by atoms with Crippen LogP contribution in [-0.2, 0) is 23.9 Å². The summed E-state index contributed by atoms with van der Waals surface area (Å²) in [5, 5.41) is 9.42. The lowest BCUT2D eigenvalue weighted by molar-refractivity contribution is -0.245. The number of hydrogen-bond donors (Lipinski definition) is 2. The summed E-state index contributed by atoms with van der Waals surface area (Å²) in [4.78, 5) is 34.8. The van der Waals surface area contributed by atoms with Crippen LogP contribution >= 0.6 is 0 Å². The van der Waals surface area contributed by atoms with Crippen LogP contribution < -0.4 is 5.32 Å². The number of ether oxygens (including phenoxy) is 2. The van der Waals surface area contributed by atoms with E-state index in [1.54, 1.807) is 0 Å². The summed E-state index contributed by atoms with van der Waals surface area (Å²) < 4.78 is 9.46. The highest BCUT2D eigenvalue weighted by Crippen LogP contribution is 2.25. The first-order valence-electron chi connectivity index (χ1n) is 4.23. The minimum atomic E-state index is -2.21. The number of nitrogens with one attached hydrogen (secondary N) is 2. The molecule has 2 N–H and O–H groups in total. The molecule has 16 heavy (non-hydrogen) atoms. The molecule has 2 aliphatic heterocycles. The van der Waals surface area contributed by atoms with E-state index in [4.69, 9.17) is 14.9 Å². The number of hydrogen-bond acceptors (Lipinski definition) is 6. The van der Waals surface area contributed by atoms with Gasteiger partial charge in [-0.2, -0.15) is 0 Å². The third kappa shape index (κ3) is 1.23. The molecule has 0 aliphatic carbocycles. The molecule has 0 aromatic heterocycles. The third-order valence-corrected chi connectivity index (χ3v) is 2.13. The minimum Gasteiger partial charge on any atom is -0.392 e. The Kier molecular flexibility index (Phi) is 1.94. The molecule has 8 heteroatoms. The van der Waals surface area contributed by atoms with Crippen molar-refractivity contribution in [3.05, 3.63) is 12.2 Å². The topological polar surface area (TPSA) is 109 Å². The predicted octanol–water partition coefficient (Wildman–Crippen LogP) is -1.71. The molecule has 2 rings (SSSR count). The van der Waals surface area contributed by atoms with Crippen LogP contribution in [0, 0.1) is 5.41 Å². The van der Waals surface area contributed by atoms with Gasteiger partial charge in [0.25, 0.3) is 0 Å². The SMILES string of the molecule is CN1C(=N)NC(=O)C12OC(=O)C=CC(=O)O2. The minimum absolute atomic E-state index is 0.326. The summed E-state index contributed by atoms with van der Waals surface area (Å²) in [7, 11) is 1.28. The third-order valence-electron chi connectivity index (χ3n) is 2.13. The molecular weight excluding hydrogens is 218 g/mol. The van der Waals surface area contributed by atoms with Gasteiger partial charge in [0.2, 0.25) is 5.96 Å². The Morgan fingerprint density at radius 3 is 2.12 bits per heavy atom. The van der Waals surface area contributed by atoms with E-state index in [0.29, 0.717) is 0 Å². The summed E-state index contributed by atoms with van der Waals surface area (Å²) in [5.74, 6) is -5.24. The maximum Gasteiger partial charge on any atom is 0.430 e. The molecule has 84 valence electrons. The number of rotatable bonds is 0. The lowest BCUT2D eigenvalue weighted by Crippen LogP contribution is -2.53. The lowest BCUT2D eigenvalue weighted by atomic mass is 10.4. The van der Waals surface area contributed by atoms with Gasteiger partial charge in [-0.15, -0.1) is 0 Å². The Hall–Kier alpha value is -2.38. The monoisotopic (exact) mass is 225 g/mol. The first-order chi connectivity index (χ1) is 7.45. The van der Waals surface area contributed by atoms with Crippen molar-refractivity contribution in [1.82, 2.24) is 10.2 Å². The van der Waals surface area contributed by atoms with Crippen molar-refractivity contribution < 1.29 is 23.9 Å². The van der Waals surface area contributed by atoms with Gasteiger partial charge in [0.15, 0.2) is 0 Å². The van der Waals surface area contributed by atoms with Crippen molar-refractivity contribution in [3.8, 4) is 0 Å². The Morgan fingerprint density at radius 1 is 1.25 bits per heavy atom. The largest absolute Gasteiger partial charge is 0.430 e. The van der Waals surface area contributed by atoms with E-state index in [0.717, 1.165) is 17.1 Å². The molecule has 0 aromatic carbocycles. The Bertz CT molecular complexity index is 421. The molecule has 8 nitrogen and oxygen atoms in total. The van der Waals surface area contributed by atoms with Gasteiger partial charge >= 0.3 is 23.8 Å². The van der Waals surface area contributed by atoms with Gasteiger partial charge in [-0.3, -0.25) is 20.4 Å². The zero-order valence-corrected chi connectivity index (χ0v) is 8.14. The second-order valence-electron chi connectivity index (χ2n) is 3.12. The van der Waals surface area contributed by atoms with Gasteiger partial charge in [0, 0.05) is 19.2 Å². The number of amides is 1. The zero-order chi connectivity index (χ0) is 11.9. The number of esters is 2. The van der Waals surface area contributed by atoms with Crippen LogP contribution in [0.15, 0.2) is 12.2 Å². The maximum absolute atomic E-state index is 11.5.